The smallest absolute Gasteiger partial charge is 0.217 e. The molecule has 0 N–H and O–H groups in total. The number of aromatic nitrogens is 5. The molecule has 0 bridgehead atoms. The summed E-state index contributed by atoms with van der Waals surface area (Å²) in [6.45, 7) is 0.658. The van der Waals surface area contributed by atoms with Crippen LogP contribution in [0.25, 0.3) is 16.6 Å². The highest BCUT2D eigenvalue weighted by atomic mass is 32.1. The minimum atomic E-state index is 0.467. The van der Waals surface area contributed by atoms with E-state index in [1.165, 1.54) is 10.3 Å². The predicted molar refractivity (Wildman–Crippen MR) is 121 cm³/mol. The monoisotopic (exact) mass is 427 g/mol. The zero-order valence-corrected chi connectivity index (χ0v) is 17.7. The van der Waals surface area contributed by atoms with Crippen LogP contribution in [0.4, 0.5) is 0 Å². The van der Waals surface area contributed by atoms with Crippen molar-refractivity contribution in [3.05, 3.63) is 82.7 Å². The second-order valence-corrected chi connectivity index (χ2v) is 8.97. The van der Waals surface area contributed by atoms with Gasteiger partial charge in [0.15, 0.2) is 5.65 Å². The Morgan fingerprint density at radius 2 is 2.03 bits per heavy atom. The molecule has 1 saturated carbocycles. The van der Waals surface area contributed by atoms with Crippen molar-refractivity contribution in [3.8, 4) is 5.88 Å². The van der Waals surface area contributed by atoms with Crippen LogP contribution < -0.4 is 4.74 Å². The molecule has 6 rings (SSSR count). The van der Waals surface area contributed by atoms with Gasteiger partial charge in [0.25, 0.3) is 0 Å². The van der Waals surface area contributed by atoms with Gasteiger partial charge in [-0.05, 0) is 31.4 Å². The molecule has 0 spiro atoms. The Labute approximate surface area is 183 Å². The molecule has 6 nitrogen and oxygen atoms in total. The molecular weight excluding hydrogens is 406 g/mol. The van der Waals surface area contributed by atoms with Crippen LogP contribution in [0.2, 0.25) is 0 Å². The number of para-hydroxylation sites is 1. The molecular formula is C24H21N5OS. The van der Waals surface area contributed by atoms with Gasteiger partial charge in [0, 0.05) is 46.1 Å². The molecule has 5 aromatic rings. The number of pyridine rings is 1. The van der Waals surface area contributed by atoms with E-state index in [9.17, 15) is 0 Å². The van der Waals surface area contributed by atoms with Crippen molar-refractivity contribution in [2.75, 3.05) is 6.61 Å². The molecule has 2 atom stereocenters. The highest BCUT2D eigenvalue weighted by molar-refractivity contribution is 7.09. The fourth-order valence-corrected chi connectivity index (χ4v) is 4.69. The standard InChI is InChI=1S/C24H21N5OS/c1-2-4-21-16(3-1)5-8-22(27-21)20-11-17(20)14-30-24-12-18(6-7-19-13-25-15-31-19)29-23(28-24)9-10-26-29/h1-5,8-10,12-13,15,17,20H,6-7,11,14H2/t17-,20+/m1/s1. The van der Waals surface area contributed by atoms with Crippen molar-refractivity contribution in [3.63, 3.8) is 0 Å². The first-order chi connectivity index (χ1) is 15.3. The Hall–Kier alpha value is -3.32. The summed E-state index contributed by atoms with van der Waals surface area (Å²) in [5, 5.41) is 5.61. The Morgan fingerprint density at radius 1 is 1.06 bits per heavy atom. The zero-order chi connectivity index (χ0) is 20.6. The van der Waals surface area contributed by atoms with Crippen LogP contribution in [0.5, 0.6) is 5.88 Å². The molecule has 0 radical (unpaired) electrons. The highest BCUT2D eigenvalue weighted by Gasteiger charge is 2.40. The van der Waals surface area contributed by atoms with E-state index in [4.69, 9.17) is 9.72 Å². The van der Waals surface area contributed by atoms with E-state index in [-0.39, 0.29) is 0 Å². The third-order valence-electron chi connectivity index (χ3n) is 5.89. The Balaban J connectivity index is 1.15. The quantitative estimate of drug-likeness (QED) is 0.377. The van der Waals surface area contributed by atoms with Crippen molar-refractivity contribution < 1.29 is 4.74 Å². The second-order valence-electron chi connectivity index (χ2n) is 8.00. The largest absolute Gasteiger partial charge is 0.477 e. The van der Waals surface area contributed by atoms with Gasteiger partial charge in [0.1, 0.15) is 0 Å². The number of fused-ring (bicyclic) bond motifs is 2. The average molecular weight is 428 g/mol. The molecule has 1 fully saturated rings. The number of hydrogen-bond donors (Lipinski definition) is 0. The van der Waals surface area contributed by atoms with Crippen molar-refractivity contribution in [1.82, 2.24) is 24.6 Å². The van der Waals surface area contributed by atoms with Crippen molar-refractivity contribution in [1.29, 1.82) is 0 Å². The molecule has 0 saturated heterocycles. The van der Waals surface area contributed by atoms with Gasteiger partial charge in [0.05, 0.1) is 29.5 Å². The van der Waals surface area contributed by atoms with E-state index < -0.39 is 0 Å². The molecule has 0 aliphatic heterocycles. The lowest BCUT2D eigenvalue weighted by atomic mass is 10.1. The van der Waals surface area contributed by atoms with E-state index in [2.05, 4.69) is 39.3 Å². The number of rotatable bonds is 7. The van der Waals surface area contributed by atoms with Crippen LogP contribution >= 0.6 is 11.3 Å². The first-order valence-electron chi connectivity index (χ1n) is 10.5. The van der Waals surface area contributed by atoms with E-state index in [0.29, 0.717) is 24.3 Å². The van der Waals surface area contributed by atoms with Crippen LogP contribution in [0, 0.1) is 5.92 Å². The summed E-state index contributed by atoms with van der Waals surface area (Å²) >= 11 is 1.68. The Bertz CT molecular complexity index is 1350. The van der Waals surface area contributed by atoms with Crippen LogP contribution in [0.1, 0.15) is 28.6 Å². The number of hydrogen-bond acceptors (Lipinski definition) is 6. The first kappa shape index (κ1) is 18.4. The lowest BCUT2D eigenvalue weighted by Gasteiger charge is -2.09. The van der Waals surface area contributed by atoms with Gasteiger partial charge in [0.2, 0.25) is 5.88 Å². The lowest BCUT2D eigenvalue weighted by Crippen LogP contribution is -2.07. The summed E-state index contributed by atoms with van der Waals surface area (Å²) in [5.74, 6) is 1.62. The molecule has 1 aliphatic rings. The lowest BCUT2D eigenvalue weighted by molar-refractivity contribution is 0.285. The molecule has 0 amide bonds. The van der Waals surface area contributed by atoms with Gasteiger partial charge in [-0.25, -0.2) is 4.52 Å². The summed E-state index contributed by atoms with van der Waals surface area (Å²) in [6.07, 6.45) is 6.62. The molecule has 154 valence electrons. The van der Waals surface area contributed by atoms with Crippen LogP contribution in [-0.2, 0) is 12.8 Å². The van der Waals surface area contributed by atoms with Crippen molar-refractivity contribution in [2.45, 2.75) is 25.2 Å². The maximum absolute atomic E-state index is 6.13. The zero-order valence-electron chi connectivity index (χ0n) is 16.9. The fraction of sp³-hybridized carbons (Fsp3) is 0.250. The molecule has 7 heteroatoms. The van der Waals surface area contributed by atoms with E-state index >= 15 is 0 Å². The van der Waals surface area contributed by atoms with Crippen LogP contribution in [-0.4, -0.2) is 31.2 Å². The number of thiazole rings is 1. The van der Waals surface area contributed by atoms with Gasteiger partial charge < -0.3 is 4.74 Å². The normalized spacial score (nSPS) is 17.9. The fourth-order valence-electron chi connectivity index (χ4n) is 4.09. The first-order valence-corrected chi connectivity index (χ1v) is 11.4. The van der Waals surface area contributed by atoms with Gasteiger partial charge in [-0.15, -0.1) is 11.3 Å². The van der Waals surface area contributed by atoms with E-state index in [1.54, 1.807) is 17.5 Å². The molecule has 31 heavy (non-hydrogen) atoms. The summed E-state index contributed by atoms with van der Waals surface area (Å²) in [5.41, 5.74) is 6.01. The van der Waals surface area contributed by atoms with E-state index in [0.717, 1.165) is 41.8 Å². The number of aryl methyl sites for hydroxylation is 2. The van der Waals surface area contributed by atoms with Crippen molar-refractivity contribution >= 4 is 27.9 Å². The maximum atomic E-state index is 6.13. The van der Waals surface area contributed by atoms with E-state index in [1.807, 2.05) is 40.5 Å². The molecule has 0 unspecified atom stereocenters. The van der Waals surface area contributed by atoms with Gasteiger partial charge in [-0.1, -0.05) is 24.3 Å². The van der Waals surface area contributed by atoms with Crippen molar-refractivity contribution in [2.24, 2.45) is 5.92 Å². The summed E-state index contributed by atoms with van der Waals surface area (Å²) in [4.78, 5) is 14.9. The Morgan fingerprint density at radius 3 is 2.97 bits per heavy atom. The minimum Gasteiger partial charge on any atom is -0.477 e. The summed E-state index contributed by atoms with van der Waals surface area (Å²) < 4.78 is 8.03. The van der Waals surface area contributed by atoms with Gasteiger partial charge in [-0.2, -0.15) is 10.1 Å². The molecule has 4 heterocycles. The molecule has 1 aromatic carbocycles. The number of nitrogens with zero attached hydrogens (tertiary/aromatic N) is 5. The predicted octanol–water partition coefficient (Wildman–Crippen LogP) is 4.70. The molecule has 4 aromatic heterocycles. The topological polar surface area (TPSA) is 65.2 Å². The third kappa shape index (κ3) is 3.77. The third-order valence-corrected chi connectivity index (χ3v) is 6.73. The minimum absolute atomic E-state index is 0.467. The van der Waals surface area contributed by atoms with Gasteiger partial charge in [-0.3, -0.25) is 9.97 Å². The molecule has 1 aliphatic carbocycles. The summed E-state index contributed by atoms with van der Waals surface area (Å²) in [7, 11) is 0. The second kappa shape index (κ2) is 7.74. The Kier molecular flexibility index (Phi) is 4.61. The SMILES string of the molecule is c1ccc2nc([C@H]3C[C@@H]3COc3cc(CCc4cncs4)n4nccc4n3)ccc2c1. The average Bonchev–Trinajstić information content (AvgIpc) is 3.15. The number of ether oxygens (including phenoxy) is 1. The van der Waals surface area contributed by atoms with Gasteiger partial charge >= 0.3 is 0 Å². The number of benzene rings is 1. The summed E-state index contributed by atoms with van der Waals surface area (Å²) in [6, 6.07) is 16.5. The van der Waals surface area contributed by atoms with Crippen LogP contribution in [0.15, 0.2) is 66.4 Å². The maximum Gasteiger partial charge on any atom is 0.217 e. The van der Waals surface area contributed by atoms with Crippen LogP contribution in [0.3, 0.4) is 0 Å². The highest BCUT2D eigenvalue weighted by Crippen LogP contribution is 2.47.